The summed E-state index contributed by atoms with van der Waals surface area (Å²) in [6.07, 6.45) is 0. The molecule has 0 spiro atoms. The maximum Gasteiger partial charge on any atom is 0.243 e. The fraction of sp³-hybridized carbons (Fsp3) is 0.111. The zero-order valence-electron chi connectivity index (χ0n) is 8.00. The number of hydrogen-bond acceptors (Lipinski definition) is 2. The molecule has 1 rings (SSSR count). The van der Waals surface area contributed by atoms with Crippen LogP contribution in [0.4, 0.5) is 4.39 Å². The molecule has 3 nitrogen and oxygen atoms in total. The molecule has 1 aromatic rings. The van der Waals surface area contributed by atoms with Gasteiger partial charge in [0.1, 0.15) is 4.90 Å². The first-order valence-electron chi connectivity index (χ1n) is 4.11. The molecule has 88 valence electrons. The van der Waals surface area contributed by atoms with Crippen LogP contribution in [0.3, 0.4) is 0 Å². The van der Waals surface area contributed by atoms with E-state index in [-0.39, 0.29) is 16.6 Å². The first-order chi connectivity index (χ1) is 7.34. The molecule has 0 aliphatic heterocycles. The van der Waals surface area contributed by atoms with Gasteiger partial charge in [-0.1, -0.05) is 35.8 Å². The second-order valence-electron chi connectivity index (χ2n) is 2.89. The van der Waals surface area contributed by atoms with E-state index >= 15 is 0 Å². The van der Waals surface area contributed by atoms with Crippen LogP contribution in [0.5, 0.6) is 0 Å². The first-order valence-corrected chi connectivity index (χ1v) is 6.35. The molecular formula is C9H8Cl2FNO2S. The van der Waals surface area contributed by atoms with Crippen molar-refractivity contribution in [2.24, 2.45) is 0 Å². The normalized spacial score (nSPS) is 11.4. The van der Waals surface area contributed by atoms with E-state index in [1.165, 1.54) is 12.1 Å². The number of nitrogens with one attached hydrogen (secondary N) is 1. The fourth-order valence-electron chi connectivity index (χ4n) is 0.943. The Kier molecular flexibility index (Phi) is 4.32. The second kappa shape index (κ2) is 5.14. The summed E-state index contributed by atoms with van der Waals surface area (Å²) in [6.45, 7) is 3.14. The van der Waals surface area contributed by atoms with Gasteiger partial charge < -0.3 is 0 Å². The Labute approximate surface area is 103 Å². The molecule has 0 unspecified atom stereocenters. The summed E-state index contributed by atoms with van der Waals surface area (Å²) in [6, 6.07) is 3.71. The molecule has 16 heavy (non-hydrogen) atoms. The van der Waals surface area contributed by atoms with Crippen LogP contribution in [0.2, 0.25) is 5.02 Å². The molecule has 0 aliphatic carbocycles. The Hall–Kier alpha value is -0.620. The molecule has 0 saturated heterocycles. The van der Waals surface area contributed by atoms with Gasteiger partial charge in [0, 0.05) is 11.6 Å². The summed E-state index contributed by atoms with van der Waals surface area (Å²) in [5, 5.41) is -0.154. The molecule has 7 heteroatoms. The van der Waals surface area contributed by atoms with Crippen LogP contribution >= 0.6 is 23.2 Å². The Morgan fingerprint density at radius 1 is 1.50 bits per heavy atom. The zero-order valence-corrected chi connectivity index (χ0v) is 10.3. The molecule has 0 amide bonds. The molecule has 0 aliphatic rings. The lowest BCUT2D eigenvalue weighted by Crippen LogP contribution is -2.25. The molecule has 0 radical (unpaired) electrons. The Balaban J connectivity index is 3.08. The minimum atomic E-state index is -3.96. The van der Waals surface area contributed by atoms with Crippen molar-refractivity contribution in [3.63, 3.8) is 0 Å². The smallest absolute Gasteiger partial charge is 0.207 e. The van der Waals surface area contributed by atoms with Gasteiger partial charge in [-0.3, -0.25) is 0 Å². The summed E-state index contributed by atoms with van der Waals surface area (Å²) >= 11 is 10.9. The summed E-state index contributed by atoms with van der Waals surface area (Å²) in [5.41, 5.74) is 0. The van der Waals surface area contributed by atoms with E-state index in [1.54, 1.807) is 0 Å². The van der Waals surface area contributed by atoms with Crippen LogP contribution in [0, 0.1) is 5.82 Å². The number of rotatable bonds is 4. The van der Waals surface area contributed by atoms with Crippen molar-refractivity contribution in [1.29, 1.82) is 0 Å². The van der Waals surface area contributed by atoms with E-state index in [2.05, 4.69) is 11.3 Å². The highest BCUT2D eigenvalue weighted by Gasteiger charge is 2.20. The summed E-state index contributed by atoms with van der Waals surface area (Å²) in [7, 11) is -3.96. The minimum absolute atomic E-state index is 0.103. The van der Waals surface area contributed by atoms with Gasteiger partial charge in [-0.05, 0) is 12.1 Å². The van der Waals surface area contributed by atoms with E-state index in [1.807, 2.05) is 0 Å². The highest BCUT2D eigenvalue weighted by Crippen LogP contribution is 2.21. The standard InChI is InChI=1S/C9H8Cl2FNO2S/c1-6(10)5-13-16(14,15)8-4-2-3-7(11)9(8)12/h2-4,13H,1,5H2. The quantitative estimate of drug-likeness (QED) is 0.923. The van der Waals surface area contributed by atoms with Crippen LogP contribution in [-0.4, -0.2) is 15.0 Å². The molecule has 0 heterocycles. The summed E-state index contributed by atoms with van der Waals surface area (Å²) < 4.78 is 38.7. The van der Waals surface area contributed by atoms with Gasteiger partial charge in [-0.25, -0.2) is 17.5 Å². The van der Waals surface area contributed by atoms with Gasteiger partial charge in [0.2, 0.25) is 10.0 Å². The van der Waals surface area contributed by atoms with Gasteiger partial charge in [-0.15, -0.1) is 0 Å². The van der Waals surface area contributed by atoms with Gasteiger partial charge in [0.15, 0.2) is 5.82 Å². The predicted molar refractivity (Wildman–Crippen MR) is 61.6 cm³/mol. The number of benzene rings is 1. The third kappa shape index (κ3) is 3.18. The Morgan fingerprint density at radius 2 is 2.12 bits per heavy atom. The van der Waals surface area contributed by atoms with Crippen molar-refractivity contribution in [2.75, 3.05) is 6.54 Å². The number of halogens is 3. The Bertz CT molecular complexity index is 516. The van der Waals surface area contributed by atoms with Crippen molar-refractivity contribution >= 4 is 33.2 Å². The van der Waals surface area contributed by atoms with Crippen LogP contribution in [-0.2, 0) is 10.0 Å². The van der Waals surface area contributed by atoms with Crippen molar-refractivity contribution < 1.29 is 12.8 Å². The van der Waals surface area contributed by atoms with Crippen LogP contribution in [0.25, 0.3) is 0 Å². The second-order valence-corrected chi connectivity index (χ2v) is 5.57. The largest absolute Gasteiger partial charge is 0.243 e. The molecule has 0 bridgehead atoms. The van der Waals surface area contributed by atoms with Gasteiger partial charge in [0.05, 0.1) is 5.02 Å². The van der Waals surface area contributed by atoms with Gasteiger partial charge in [0.25, 0.3) is 0 Å². The van der Waals surface area contributed by atoms with Crippen molar-refractivity contribution in [3.8, 4) is 0 Å². The fourth-order valence-corrected chi connectivity index (χ4v) is 2.44. The van der Waals surface area contributed by atoms with E-state index in [4.69, 9.17) is 23.2 Å². The molecule has 0 fully saturated rings. The van der Waals surface area contributed by atoms with E-state index in [0.717, 1.165) is 6.07 Å². The van der Waals surface area contributed by atoms with E-state index in [9.17, 15) is 12.8 Å². The van der Waals surface area contributed by atoms with Crippen molar-refractivity contribution in [3.05, 3.63) is 40.7 Å². The highest BCUT2D eigenvalue weighted by molar-refractivity contribution is 7.89. The van der Waals surface area contributed by atoms with E-state index in [0.29, 0.717) is 0 Å². The third-order valence-corrected chi connectivity index (χ3v) is 3.50. The number of sulfonamides is 1. The molecule has 0 saturated carbocycles. The highest BCUT2D eigenvalue weighted by atomic mass is 35.5. The minimum Gasteiger partial charge on any atom is -0.207 e. The number of hydrogen-bond donors (Lipinski definition) is 1. The summed E-state index contributed by atoms with van der Waals surface area (Å²) in [5.74, 6) is -0.989. The maximum absolute atomic E-state index is 13.4. The maximum atomic E-state index is 13.4. The zero-order chi connectivity index (χ0) is 12.3. The third-order valence-electron chi connectivity index (χ3n) is 1.66. The van der Waals surface area contributed by atoms with Crippen LogP contribution in [0.1, 0.15) is 0 Å². The SMILES string of the molecule is C=C(Cl)CNS(=O)(=O)c1cccc(Cl)c1F. The summed E-state index contributed by atoms with van der Waals surface area (Å²) in [4.78, 5) is -0.516. The first kappa shape index (κ1) is 13.4. The van der Waals surface area contributed by atoms with Crippen LogP contribution in [0.15, 0.2) is 34.7 Å². The Morgan fingerprint density at radius 3 is 2.69 bits per heavy atom. The lowest BCUT2D eigenvalue weighted by Gasteiger charge is -2.07. The average Bonchev–Trinajstić information content (AvgIpc) is 2.19. The van der Waals surface area contributed by atoms with Crippen molar-refractivity contribution in [2.45, 2.75) is 4.90 Å². The van der Waals surface area contributed by atoms with Crippen molar-refractivity contribution in [1.82, 2.24) is 4.72 Å². The van der Waals surface area contributed by atoms with Crippen LogP contribution < -0.4 is 4.72 Å². The molecule has 1 N–H and O–H groups in total. The molecule has 0 aromatic heterocycles. The molecular weight excluding hydrogens is 276 g/mol. The molecule has 1 aromatic carbocycles. The average molecular weight is 284 g/mol. The topological polar surface area (TPSA) is 46.2 Å². The van der Waals surface area contributed by atoms with E-state index < -0.39 is 20.7 Å². The lowest BCUT2D eigenvalue weighted by atomic mass is 10.3. The van der Waals surface area contributed by atoms with Gasteiger partial charge in [-0.2, -0.15) is 0 Å². The monoisotopic (exact) mass is 283 g/mol. The van der Waals surface area contributed by atoms with Gasteiger partial charge >= 0.3 is 0 Å². The molecule has 0 atom stereocenters. The lowest BCUT2D eigenvalue weighted by molar-refractivity contribution is 0.560. The predicted octanol–water partition coefficient (Wildman–Crippen LogP) is 2.51.